The van der Waals surface area contributed by atoms with Gasteiger partial charge in [-0.15, -0.1) is 0 Å². The molecular formula is C33H34N2O5. The molecule has 40 heavy (non-hydrogen) atoms. The van der Waals surface area contributed by atoms with E-state index in [9.17, 15) is 9.59 Å². The van der Waals surface area contributed by atoms with E-state index in [1.54, 1.807) is 31.4 Å². The minimum atomic E-state index is -0.678. The first-order chi connectivity index (χ1) is 19.6. The van der Waals surface area contributed by atoms with Crippen LogP contribution in [-0.4, -0.2) is 45.2 Å². The van der Waals surface area contributed by atoms with Gasteiger partial charge in [0.25, 0.3) is 0 Å². The summed E-state index contributed by atoms with van der Waals surface area (Å²) in [6.45, 7) is 1.30. The number of carbonyl (C=O) groups excluding carboxylic acids is 2. The third-order valence-electron chi connectivity index (χ3n) is 6.40. The monoisotopic (exact) mass is 538 g/mol. The van der Waals surface area contributed by atoms with E-state index in [2.05, 4.69) is 10.6 Å². The number of carbonyl (C=O) groups is 2. The first-order valence-electron chi connectivity index (χ1n) is 13.2. The Morgan fingerprint density at radius 1 is 0.775 bits per heavy atom. The fraction of sp³-hybridized carbons (Fsp3) is 0.212. The van der Waals surface area contributed by atoms with Gasteiger partial charge in [-0.2, -0.15) is 0 Å². The molecule has 0 radical (unpaired) electrons. The molecule has 0 aromatic heterocycles. The van der Waals surface area contributed by atoms with Crippen LogP contribution in [0.1, 0.15) is 27.9 Å². The van der Waals surface area contributed by atoms with Gasteiger partial charge in [0.05, 0.1) is 26.5 Å². The van der Waals surface area contributed by atoms with Crippen molar-refractivity contribution in [3.05, 3.63) is 120 Å². The van der Waals surface area contributed by atoms with Crippen molar-refractivity contribution < 1.29 is 23.8 Å². The third-order valence-corrected chi connectivity index (χ3v) is 6.40. The fourth-order valence-corrected chi connectivity index (χ4v) is 4.31. The number of ketones is 1. The van der Waals surface area contributed by atoms with E-state index >= 15 is 0 Å². The molecule has 0 aliphatic heterocycles. The van der Waals surface area contributed by atoms with Crippen molar-refractivity contribution >= 4 is 23.1 Å². The van der Waals surface area contributed by atoms with E-state index in [0.717, 1.165) is 35.7 Å². The molecule has 2 N–H and O–H groups in total. The highest BCUT2D eigenvalue weighted by Crippen LogP contribution is 2.24. The molecule has 0 bridgehead atoms. The Kier molecular flexibility index (Phi) is 10.2. The molecule has 0 saturated carbocycles. The quantitative estimate of drug-likeness (QED) is 0.116. The molecule has 7 heteroatoms. The zero-order chi connectivity index (χ0) is 28.2. The highest BCUT2D eigenvalue weighted by Gasteiger charge is 2.22. The summed E-state index contributed by atoms with van der Waals surface area (Å²) in [7, 11) is 3.01. The molecule has 0 fully saturated rings. The van der Waals surface area contributed by atoms with Gasteiger partial charge in [-0.05, 0) is 48.4 Å². The maximum absolute atomic E-state index is 13.1. The van der Waals surface area contributed by atoms with E-state index in [1.165, 1.54) is 7.11 Å². The van der Waals surface area contributed by atoms with Crippen molar-refractivity contribution in [1.29, 1.82) is 0 Å². The SMILES string of the molecule is COC(=O)[C@H](Cc1ccc(OCCCNc2ccccc2OC)cc1)Nc1ccccc1C(=O)c1ccccc1. The smallest absolute Gasteiger partial charge is 0.328 e. The maximum Gasteiger partial charge on any atom is 0.328 e. The van der Waals surface area contributed by atoms with Gasteiger partial charge in [-0.1, -0.05) is 66.7 Å². The van der Waals surface area contributed by atoms with Gasteiger partial charge in [0, 0.05) is 29.8 Å². The largest absolute Gasteiger partial charge is 0.495 e. The Morgan fingerprint density at radius 3 is 2.17 bits per heavy atom. The van der Waals surface area contributed by atoms with Crippen molar-refractivity contribution in [2.45, 2.75) is 18.9 Å². The van der Waals surface area contributed by atoms with Crippen molar-refractivity contribution in [3.63, 3.8) is 0 Å². The zero-order valence-corrected chi connectivity index (χ0v) is 22.8. The Morgan fingerprint density at radius 2 is 1.45 bits per heavy atom. The summed E-state index contributed by atoms with van der Waals surface area (Å²) in [6.07, 6.45) is 1.19. The average molecular weight is 539 g/mol. The summed E-state index contributed by atoms with van der Waals surface area (Å²) in [4.78, 5) is 25.8. The second kappa shape index (κ2) is 14.4. The second-order valence-electron chi connectivity index (χ2n) is 9.14. The van der Waals surface area contributed by atoms with Crippen molar-refractivity contribution in [3.8, 4) is 11.5 Å². The minimum Gasteiger partial charge on any atom is -0.495 e. The number of esters is 1. The lowest BCUT2D eigenvalue weighted by Gasteiger charge is -2.20. The van der Waals surface area contributed by atoms with Gasteiger partial charge in [-0.25, -0.2) is 4.79 Å². The van der Waals surface area contributed by atoms with Gasteiger partial charge >= 0.3 is 5.97 Å². The molecule has 0 unspecified atom stereocenters. The van der Waals surface area contributed by atoms with Crippen LogP contribution in [0.5, 0.6) is 11.5 Å². The number of hydrogen-bond donors (Lipinski definition) is 2. The highest BCUT2D eigenvalue weighted by atomic mass is 16.5. The number of methoxy groups -OCH3 is 2. The molecule has 0 heterocycles. The van der Waals surface area contributed by atoms with Crippen LogP contribution in [0.3, 0.4) is 0 Å². The molecule has 0 aliphatic rings. The molecule has 0 spiro atoms. The van der Waals surface area contributed by atoms with E-state index in [-0.39, 0.29) is 5.78 Å². The molecular weight excluding hydrogens is 504 g/mol. The zero-order valence-electron chi connectivity index (χ0n) is 22.8. The summed E-state index contributed by atoms with van der Waals surface area (Å²) in [5.41, 5.74) is 3.53. The van der Waals surface area contributed by atoms with E-state index in [0.29, 0.717) is 29.8 Å². The minimum absolute atomic E-state index is 0.119. The lowest BCUT2D eigenvalue weighted by atomic mass is 10.00. The number of nitrogens with one attached hydrogen (secondary N) is 2. The van der Waals surface area contributed by atoms with Crippen molar-refractivity contribution in [1.82, 2.24) is 0 Å². The molecule has 7 nitrogen and oxygen atoms in total. The summed E-state index contributed by atoms with van der Waals surface area (Å²) >= 11 is 0. The standard InChI is InChI=1S/C33H34N2O5/c1-38-31-16-9-8-15-29(31)34-21-10-22-40-26-19-17-24(18-20-26)23-30(33(37)39-2)35-28-14-7-6-13-27(28)32(36)25-11-4-3-5-12-25/h3-9,11-20,30,34-35H,10,21-23H2,1-2H3/t30-/m0/s1. The Bertz CT molecular complexity index is 1390. The highest BCUT2D eigenvalue weighted by molar-refractivity contribution is 6.12. The Hall–Kier alpha value is -4.78. The van der Waals surface area contributed by atoms with Crippen LogP contribution in [0.25, 0.3) is 0 Å². The molecule has 206 valence electrons. The molecule has 4 rings (SSSR count). The van der Waals surface area contributed by atoms with Gasteiger partial charge in [0.15, 0.2) is 5.78 Å². The molecule has 0 aliphatic carbocycles. The summed E-state index contributed by atoms with van der Waals surface area (Å²) in [6, 6.07) is 31.0. The molecule has 1 atom stereocenters. The van der Waals surface area contributed by atoms with Gasteiger partial charge in [0.1, 0.15) is 17.5 Å². The lowest BCUT2D eigenvalue weighted by Crippen LogP contribution is -2.33. The number of anilines is 2. The number of hydrogen-bond acceptors (Lipinski definition) is 7. The van der Waals surface area contributed by atoms with Crippen LogP contribution in [0.15, 0.2) is 103 Å². The van der Waals surface area contributed by atoms with Crippen LogP contribution in [0, 0.1) is 0 Å². The summed E-state index contributed by atoms with van der Waals surface area (Å²) in [5.74, 6) is 1.03. The van der Waals surface area contributed by atoms with Crippen LogP contribution in [-0.2, 0) is 16.0 Å². The molecule has 4 aromatic carbocycles. The topological polar surface area (TPSA) is 85.9 Å². The van der Waals surface area contributed by atoms with E-state index < -0.39 is 12.0 Å². The lowest BCUT2D eigenvalue weighted by molar-refractivity contribution is -0.141. The van der Waals surface area contributed by atoms with Crippen LogP contribution < -0.4 is 20.1 Å². The summed E-state index contributed by atoms with van der Waals surface area (Å²) < 4.78 is 16.3. The van der Waals surface area contributed by atoms with Gasteiger partial charge in [-0.3, -0.25) is 4.79 Å². The third kappa shape index (κ3) is 7.63. The van der Waals surface area contributed by atoms with Crippen molar-refractivity contribution in [2.75, 3.05) is 38.0 Å². The normalized spacial score (nSPS) is 11.2. The number of benzene rings is 4. The van der Waals surface area contributed by atoms with Gasteiger partial charge in [0.2, 0.25) is 0 Å². The number of rotatable bonds is 14. The number of para-hydroxylation sites is 3. The summed E-state index contributed by atoms with van der Waals surface area (Å²) in [5, 5.41) is 6.60. The Balaban J connectivity index is 1.34. The first kappa shape index (κ1) is 28.2. The number of ether oxygens (including phenoxy) is 3. The predicted molar refractivity (Wildman–Crippen MR) is 157 cm³/mol. The van der Waals surface area contributed by atoms with Gasteiger partial charge < -0.3 is 24.8 Å². The Labute approximate surface area is 235 Å². The van der Waals surface area contributed by atoms with Crippen LogP contribution >= 0.6 is 0 Å². The molecule has 0 saturated heterocycles. The van der Waals surface area contributed by atoms with E-state index in [4.69, 9.17) is 14.2 Å². The van der Waals surface area contributed by atoms with Crippen LogP contribution in [0.4, 0.5) is 11.4 Å². The molecule has 4 aromatic rings. The maximum atomic E-state index is 13.1. The molecule has 0 amide bonds. The van der Waals surface area contributed by atoms with Crippen molar-refractivity contribution in [2.24, 2.45) is 0 Å². The second-order valence-corrected chi connectivity index (χ2v) is 9.14. The first-order valence-corrected chi connectivity index (χ1v) is 13.2. The average Bonchev–Trinajstić information content (AvgIpc) is 3.01. The fourth-order valence-electron chi connectivity index (χ4n) is 4.31. The van der Waals surface area contributed by atoms with Crippen LogP contribution in [0.2, 0.25) is 0 Å². The predicted octanol–water partition coefficient (Wildman–Crippen LogP) is 6.00. The van der Waals surface area contributed by atoms with E-state index in [1.807, 2.05) is 78.9 Å².